The van der Waals surface area contributed by atoms with Gasteiger partial charge in [0.05, 0.1) is 16.7 Å². The third kappa shape index (κ3) is 6.52. The minimum Gasteiger partial charge on any atom is -0.333 e. The number of amides is 1. The van der Waals surface area contributed by atoms with Crippen molar-refractivity contribution in [3.8, 4) is 11.3 Å². The average molecular weight is 541 g/mol. The highest BCUT2D eigenvalue weighted by atomic mass is 32.2. The van der Waals surface area contributed by atoms with E-state index in [-0.39, 0.29) is 5.91 Å². The van der Waals surface area contributed by atoms with Crippen LogP contribution in [0.1, 0.15) is 54.5 Å². The Kier molecular flexibility index (Phi) is 8.56. The van der Waals surface area contributed by atoms with E-state index in [1.807, 2.05) is 47.8 Å². The molecule has 5 nitrogen and oxygen atoms in total. The maximum atomic E-state index is 13.5. The number of nitrogens with zero attached hydrogens (tertiary/aromatic N) is 2. The molecule has 5 aromatic rings. The molecule has 1 amide bonds. The molecule has 2 heterocycles. The Balaban J connectivity index is 1.29. The van der Waals surface area contributed by atoms with Gasteiger partial charge in [-0.2, -0.15) is 0 Å². The van der Waals surface area contributed by atoms with Crippen molar-refractivity contribution in [2.45, 2.75) is 56.4 Å². The summed E-state index contributed by atoms with van der Waals surface area (Å²) in [4.78, 5) is 26.3. The van der Waals surface area contributed by atoms with Crippen molar-refractivity contribution in [2.24, 2.45) is 0 Å². The Morgan fingerprint density at radius 3 is 2.61 bits per heavy atom. The largest absolute Gasteiger partial charge is 0.333 e. The SMILES string of the molecule is CCCCCCc1ccc(-c2csc(NC(=O)C(Sc3nc4ccc(C)cc4[nH]3)c3ccccc3)n2)cc1. The Bertz CT molecular complexity index is 1490. The number of nitrogens with one attached hydrogen (secondary N) is 2. The van der Waals surface area contributed by atoms with E-state index >= 15 is 0 Å². The van der Waals surface area contributed by atoms with Gasteiger partial charge in [0.15, 0.2) is 10.3 Å². The van der Waals surface area contributed by atoms with E-state index in [1.165, 1.54) is 54.3 Å². The van der Waals surface area contributed by atoms with Crippen LogP contribution in [0.15, 0.2) is 83.3 Å². The third-order valence-electron chi connectivity index (χ3n) is 6.49. The zero-order valence-electron chi connectivity index (χ0n) is 21.7. The number of H-pyrrole nitrogens is 1. The number of carbonyl (C=O) groups is 1. The van der Waals surface area contributed by atoms with Crippen LogP contribution in [-0.4, -0.2) is 20.9 Å². The van der Waals surface area contributed by atoms with Gasteiger partial charge in [-0.15, -0.1) is 11.3 Å². The fourth-order valence-corrected chi connectivity index (χ4v) is 6.13. The van der Waals surface area contributed by atoms with Gasteiger partial charge in [0.25, 0.3) is 0 Å². The third-order valence-corrected chi connectivity index (χ3v) is 8.38. The zero-order chi connectivity index (χ0) is 26.3. The van der Waals surface area contributed by atoms with Crippen LogP contribution in [0.25, 0.3) is 22.3 Å². The number of fused-ring (bicyclic) bond motifs is 1. The van der Waals surface area contributed by atoms with Crippen molar-refractivity contribution in [2.75, 3.05) is 5.32 Å². The van der Waals surface area contributed by atoms with Crippen LogP contribution in [-0.2, 0) is 11.2 Å². The Morgan fingerprint density at radius 1 is 1.00 bits per heavy atom. The first-order valence-corrected chi connectivity index (χ1v) is 14.9. The lowest BCUT2D eigenvalue weighted by Gasteiger charge is -2.14. The minimum atomic E-state index is -0.475. The van der Waals surface area contributed by atoms with Gasteiger partial charge < -0.3 is 10.3 Å². The van der Waals surface area contributed by atoms with Gasteiger partial charge in [-0.3, -0.25) is 4.79 Å². The van der Waals surface area contributed by atoms with Gasteiger partial charge in [0, 0.05) is 10.9 Å². The quantitative estimate of drug-likeness (QED) is 0.130. The summed E-state index contributed by atoms with van der Waals surface area (Å²) in [6.07, 6.45) is 6.18. The molecule has 1 unspecified atom stereocenters. The Morgan fingerprint density at radius 2 is 1.82 bits per heavy atom. The summed E-state index contributed by atoms with van der Waals surface area (Å²) in [5.41, 5.74) is 7.23. The highest BCUT2D eigenvalue weighted by molar-refractivity contribution is 8.00. The summed E-state index contributed by atoms with van der Waals surface area (Å²) in [5, 5.41) is 5.88. The number of rotatable bonds is 11. The molecule has 38 heavy (non-hydrogen) atoms. The van der Waals surface area contributed by atoms with Gasteiger partial charge in [-0.25, -0.2) is 9.97 Å². The molecule has 194 valence electrons. The normalized spacial score (nSPS) is 12.1. The first-order valence-electron chi connectivity index (χ1n) is 13.1. The Hall–Kier alpha value is -3.42. The van der Waals surface area contributed by atoms with E-state index in [2.05, 4.69) is 54.5 Å². The number of thioether (sulfide) groups is 1. The predicted octanol–water partition coefficient (Wildman–Crippen LogP) is 8.59. The zero-order valence-corrected chi connectivity index (χ0v) is 23.4. The molecule has 1 atom stereocenters. The van der Waals surface area contributed by atoms with Crippen LogP contribution in [0.5, 0.6) is 0 Å². The minimum absolute atomic E-state index is 0.124. The maximum Gasteiger partial charge on any atom is 0.244 e. The number of aromatic amines is 1. The smallest absolute Gasteiger partial charge is 0.244 e. The number of aryl methyl sites for hydroxylation is 2. The second-order valence-corrected chi connectivity index (χ2v) is 11.5. The van der Waals surface area contributed by atoms with Crippen LogP contribution in [0.3, 0.4) is 0 Å². The molecular formula is C31H32N4OS2. The van der Waals surface area contributed by atoms with Gasteiger partial charge in [0.1, 0.15) is 5.25 Å². The first kappa shape index (κ1) is 26.2. The molecule has 0 saturated carbocycles. The van der Waals surface area contributed by atoms with E-state index in [9.17, 15) is 4.79 Å². The van der Waals surface area contributed by atoms with Crippen LogP contribution in [0, 0.1) is 6.92 Å². The highest BCUT2D eigenvalue weighted by Gasteiger charge is 2.24. The van der Waals surface area contributed by atoms with Gasteiger partial charge >= 0.3 is 0 Å². The van der Waals surface area contributed by atoms with Crippen LogP contribution in [0.2, 0.25) is 0 Å². The molecule has 5 rings (SSSR count). The molecule has 0 bridgehead atoms. The van der Waals surface area contributed by atoms with E-state index in [4.69, 9.17) is 9.97 Å². The molecule has 2 N–H and O–H groups in total. The number of aromatic nitrogens is 3. The summed E-state index contributed by atoms with van der Waals surface area (Å²) in [7, 11) is 0. The van der Waals surface area contributed by atoms with Crippen molar-refractivity contribution >= 4 is 45.2 Å². The first-order chi connectivity index (χ1) is 18.6. The topological polar surface area (TPSA) is 70.7 Å². The summed E-state index contributed by atoms with van der Waals surface area (Å²) in [6, 6.07) is 24.5. The van der Waals surface area contributed by atoms with Gasteiger partial charge in [0.2, 0.25) is 5.91 Å². The summed E-state index contributed by atoms with van der Waals surface area (Å²) in [5.74, 6) is -0.124. The summed E-state index contributed by atoms with van der Waals surface area (Å²) >= 11 is 2.86. The molecule has 0 fully saturated rings. The summed E-state index contributed by atoms with van der Waals surface area (Å²) in [6.45, 7) is 4.29. The van der Waals surface area contributed by atoms with E-state index in [1.54, 1.807) is 0 Å². The molecule has 0 aliphatic rings. The maximum absolute atomic E-state index is 13.5. The van der Waals surface area contributed by atoms with E-state index < -0.39 is 5.25 Å². The number of unbranched alkanes of at least 4 members (excludes halogenated alkanes) is 3. The van der Waals surface area contributed by atoms with Gasteiger partial charge in [-0.1, -0.05) is 98.6 Å². The molecule has 3 aromatic carbocycles. The van der Waals surface area contributed by atoms with Gasteiger partial charge in [-0.05, 0) is 48.6 Å². The Labute approximate surface area is 232 Å². The molecule has 0 spiro atoms. The average Bonchev–Trinajstić information content (AvgIpc) is 3.57. The number of hydrogen-bond acceptors (Lipinski definition) is 5. The van der Waals surface area contributed by atoms with Crippen molar-refractivity contribution in [3.05, 3.63) is 94.9 Å². The van der Waals surface area contributed by atoms with Crippen LogP contribution in [0.4, 0.5) is 5.13 Å². The molecule has 0 aliphatic carbocycles. The lowest BCUT2D eigenvalue weighted by Crippen LogP contribution is -2.19. The molecule has 0 saturated heterocycles. The van der Waals surface area contributed by atoms with Crippen LogP contribution < -0.4 is 5.32 Å². The fourth-order valence-electron chi connectivity index (χ4n) is 4.40. The summed E-state index contributed by atoms with van der Waals surface area (Å²) < 4.78 is 0. The monoisotopic (exact) mass is 540 g/mol. The van der Waals surface area contributed by atoms with Crippen LogP contribution >= 0.6 is 23.1 Å². The van der Waals surface area contributed by atoms with Crippen molar-refractivity contribution in [1.82, 2.24) is 15.0 Å². The lowest BCUT2D eigenvalue weighted by atomic mass is 10.0. The molecule has 7 heteroatoms. The molecule has 0 radical (unpaired) electrons. The number of thiazole rings is 1. The number of carbonyl (C=O) groups excluding carboxylic acids is 1. The van der Waals surface area contributed by atoms with Crippen molar-refractivity contribution in [1.29, 1.82) is 0 Å². The van der Waals surface area contributed by atoms with Crippen molar-refractivity contribution < 1.29 is 4.79 Å². The number of imidazole rings is 1. The second-order valence-electron chi connectivity index (χ2n) is 9.51. The fraction of sp³-hybridized carbons (Fsp3) is 0.258. The number of anilines is 1. The standard InChI is InChI=1S/C31H32N4OS2/c1-3-4-5-7-10-22-14-16-23(17-15-22)27-20-37-30(34-27)35-29(36)28(24-11-8-6-9-12-24)38-31-32-25-18-13-21(2)19-26(25)33-31/h6,8-9,11-20,28H,3-5,7,10H2,1-2H3,(H,32,33)(H,34,35,36). The number of benzene rings is 3. The molecule has 0 aliphatic heterocycles. The molecular weight excluding hydrogens is 509 g/mol. The van der Waals surface area contributed by atoms with Crippen molar-refractivity contribution in [3.63, 3.8) is 0 Å². The second kappa shape index (κ2) is 12.4. The predicted molar refractivity (Wildman–Crippen MR) is 160 cm³/mol. The van der Waals surface area contributed by atoms with E-state index in [0.717, 1.165) is 39.8 Å². The molecule has 2 aromatic heterocycles. The lowest BCUT2D eigenvalue weighted by molar-refractivity contribution is -0.115. The van der Waals surface area contributed by atoms with E-state index in [0.29, 0.717) is 10.3 Å². The highest BCUT2D eigenvalue weighted by Crippen LogP contribution is 2.36. The number of hydrogen-bond donors (Lipinski definition) is 2.